The quantitative estimate of drug-likeness (QED) is 0.790. The number of nitrogens with zero attached hydrogens (tertiary/aromatic N) is 2. The van der Waals surface area contributed by atoms with Gasteiger partial charge in [0.15, 0.2) is 0 Å². The smallest absolute Gasteiger partial charge is 0.258 e. The molecule has 0 saturated heterocycles. The summed E-state index contributed by atoms with van der Waals surface area (Å²) in [5.41, 5.74) is 0.695. The van der Waals surface area contributed by atoms with Crippen molar-refractivity contribution in [1.29, 1.82) is 0 Å². The van der Waals surface area contributed by atoms with Crippen LogP contribution in [0.3, 0.4) is 0 Å². The number of halogens is 1. The highest BCUT2D eigenvalue weighted by molar-refractivity contribution is 14.1. The van der Waals surface area contributed by atoms with Gasteiger partial charge in [-0.2, -0.15) is 4.98 Å². The van der Waals surface area contributed by atoms with E-state index in [1.807, 2.05) is 26.8 Å². The van der Waals surface area contributed by atoms with Crippen LogP contribution in [0.2, 0.25) is 0 Å². The van der Waals surface area contributed by atoms with Crippen molar-refractivity contribution in [2.24, 2.45) is 5.92 Å². The average Bonchev–Trinajstić information content (AvgIpc) is 2.88. The number of hydrogen-bond acceptors (Lipinski definition) is 5. The molecule has 0 radical (unpaired) electrons. The maximum absolute atomic E-state index is 9.73. The van der Waals surface area contributed by atoms with Gasteiger partial charge in [-0.15, -0.1) is 0 Å². The summed E-state index contributed by atoms with van der Waals surface area (Å²) in [4.78, 5) is 4.38. The minimum atomic E-state index is -0.185. The van der Waals surface area contributed by atoms with Gasteiger partial charge in [-0.1, -0.05) is 19.0 Å². The Hall–Kier alpha value is -1.15. The predicted octanol–water partition coefficient (Wildman–Crippen LogP) is 3.78. The molecule has 0 aliphatic carbocycles. The summed E-state index contributed by atoms with van der Waals surface area (Å²) < 4.78 is 11.7. The minimum absolute atomic E-state index is 0.185. The Bertz CT molecular complexity index is 584. The number of hydrogen-bond donors (Lipinski definition) is 1. The molecule has 2 rings (SSSR count). The highest BCUT2D eigenvalue weighted by atomic mass is 127. The van der Waals surface area contributed by atoms with Gasteiger partial charge in [0.25, 0.3) is 5.89 Å². The van der Waals surface area contributed by atoms with Crippen molar-refractivity contribution in [2.75, 3.05) is 6.61 Å². The highest BCUT2D eigenvalue weighted by Gasteiger charge is 2.22. The highest BCUT2D eigenvalue weighted by Crippen LogP contribution is 2.29. The molecule has 0 fully saturated rings. The predicted molar refractivity (Wildman–Crippen MR) is 83.3 cm³/mol. The van der Waals surface area contributed by atoms with Gasteiger partial charge < -0.3 is 14.4 Å². The van der Waals surface area contributed by atoms with Crippen LogP contribution in [-0.2, 0) is 4.74 Å². The fourth-order valence-corrected chi connectivity index (χ4v) is 2.19. The molecule has 0 spiro atoms. The molecule has 6 heteroatoms. The lowest BCUT2D eigenvalue weighted by molar-refractivity contribution is 0.0217. The van der Waals surface area contributed by atoms with E-state index in [0.29, 0.717) is 23.9 Å². The molecule has 0 aliphatic heterocycles. The van der Waals surface area contributed by atoms with Gasteiger partial charge in [-0.25, -0.2) is 0 Å². The van der Waals surface area contributed by atoms with Gasteiger partial charge >= 0.3 is 0 Å². The molecular weight excluding hydrogens is 371 g/mol. The minimum Gasteiger partial charge on any atom is -0.507 e. The zero-order chi connectivity index (χ0) is 14.7. The molecule has 0 saturated carbocycles. The van der Waals surface area contributed by atoms with Crippen LogP contribution in [0.4, 0.5) is 0 Å². The first-order valence-electron chi connectivity index (χ1n) is 6.47. The maximum atomic E-state index is 9.73. The van der Waals surface area contributed by atoms with Crippen LogP contribution in [-0.4, -0.2) is 21.9 Å². The largest absolute Gasteiger partial charge is 0.507 e. The average molecular weight is 388 g/mol. The molecule has 20 heavy (non-hydrogen) atoms. The second-order valence-corrected chi connectivity index (χ2v) is 5.91. The molecule has 1 atom stereocenters. The zero-order valence-corrected chi connectivity index (χ0v) is 13.8. The van der Waals surface area contributed by atoms with E-state index in [1.54, 1.807) is 12.1 Å². The SMILES string of the molecule is CCOC(c1noc(-c2ccc(I)c(O)c2)n1)C(C)C. The lowest BCUT2D eigenvalue weighted by Gasteiger charge is -2.16. The molecule has 1 aromatic carbocycles. The van der Waals surface area contributed by atoms with E-state index in [2.05, 4.69) is 32.7 Å². The number of phenolic OH excluding ortho intramolecular Hbond substituents is 1. The summed E-state index contributed by atoms with van der Waals surface area (Å²) in [6.07, 6.45) is -0.185. The van der Waals surface area contributed by atoms with Gasteiger partial charge in [0.05, 0.1) is 3.57 Å². The van der Waals surface area contributed by atoms with Crippen LogP contribution < -0.4 is 0 Å². The molecule has 1 N–H and O–H groups in total. The topological polar surface area (TPSA) is 68.4 Å². The summed E-state index contributed by atoms with van der Waals surface area (Å²) in [5.74, 6) is 1.38. The molecule has 0 amide bonds. The molecule has 1 unspecified atom stereocenters. The molecule has 1 heterocycles. The number of benzene rings is 1. The van der Waals surface area contributed by atoms with Crippen molar-refractivity contribution in [3.63, 3.8) is 0 Å². The van der Waals surface area contributed by atoms with Gasteiger partial charge in [0.2, 0.25) is 5.82 Å². The van der Waals surface area contributed by atoms with Crippen molar-refractivity contribution in [2.45, 2.75) is 26.9 Å². The number of phenols is 1. The van der Waals surface area contributed by atoms with Gasteiger partial charge in [0.1, 0.15) is 11.9 Å². The van der Waals surface area contributed by atoms with Gasteiger partial charge in [-0.3, -0.25) is 0 Å². The molecule has 1 aromatic heterocycles. The third kappa shape index (κ3) is 3.29. The Labute approximate surface area is 131 Å². The Balaban J connectivity index is 2.29. The van der Waals surface area contributed by atoms with E-state index >= 15 is 0 Å². The van der Waals surface area contributed by atoms with Crippen LogP contribution in [0.1, 0.15) is 32.7 Å². The first-order chi connectivity index (χ1) is 9.52. The fourth-order valence-electron chi connectivity index (χ4n) is 1.86. The van der Waals surface area contributed by atoms with Gasteiger partial charge in [-0.05, 0) is 53.6 Å². The monoisotopic (exact) mass is 388 g/mol. The number of aromatic nitrogens is 2. The molecule has 5 nitrogen and oxygen atoms in total. The Morgan fingerprint density at radius 1 is 1.40 bits per heavy atom. The van der Waals surface area contributed by atoms with Crippen molar-refractivity contribution in [1.82, 2.24) is 10.1 Å². The van der Waals surface area contributed by atoms with Gasteiger partial charge in [0, 0.05) is 12.2 Å². The zero-order valence-electron chi connectivity index (χ0n) is 11.6. The number of ether oxygens (including phenoxy) is 1. The van der Waals surface area contributed by atoms with Crippen LogP contribution in [0.25, 0.3) is 11.5 Å². The normalized spacial score (nSPS) is 12.8. The van der Waals surface area contributed by atoms with Crippen LogP contribution in [0.15, 0.2) is 22.7 Å². The van der Waals surface area contributed by atoms with Crippen molar-refractivity contribution >= 4 is 22.6 Å². The Morgan fingerprint density at radius 2 is 2.15 bits per heavy atom. The fraction of sp³-hybridized carbons (Fsp3) is 0.429. The summed E-state index contributed by atoms with van der Waals surface area (Å²) in [7, 11) is 0. The summed E-state index contributed by atoms with van der Waals surface area (Å²) in [6, 6.07) is 5.26. The van der Waals surface area contributed by atoms with Crippen LogP contribution in [0.5, 0.6) is 5.75 Å². The second kappa shape index (κ2) is 6.53. The molecular formula is C14H17IN2O3. The first kappa shape index (κ1) is 15.2. The third-order valence-electron chi connectivity index (χ3n) is 2.84. The van der Waals surface area contributed by atoms with E-state index in [1.165, 1.54) is 0 Å². The molecule has 2 aromatic rings. The van der Waals surface area contributed by atoms with E-state index in [9.17, 15) is 5.11 Å². The lowest BCUT2D eigenvalue weighted by atomic mass is 10.1. The van der Waals surface area contributed by atoms with Crippen molar-refractivity contribution < 1.29 is 14.4 Å². The standard InChI is InChI=1S/C14H17IN2O3/c1-4-19-12(8(2)3)13-16-14(20-17-13)9-5-6-10(15)11(18)7-9/h5-8,12,18H,4H2,1-3H3. The summed E-state index contributed by atoms with van der Waals surface area (Å²) in [6.45, 7) is 6.63. The summed E-state index contributed by atoms with van der Waals surface area (Å²) >= 11 is 2.06. The van der Waals surface area contributed by atoms with E-state index in [0.717, 1.165) is 3.57 Å². The molecule has 0 bridgehead atoms. The first-order valence-corrected chi connectivity index (χ1v) is 7.55. The van der Waals surface area contributed by atoms with Crippen molar-refractivity contribution in [3.8, 4) is 17.2 Å². The van der Waals surface area contributed by atoms with Crippen LogP contribution in [0, 0.1) is 9.49 Å². The van der Waals surface area contributed by atoms with E-state index < -0.39 is 0 Å². The Morgan fingerprint density at radius 3 is 2.75 bits per heavy atom. The summed E-state index contributed by atoms with van der Waals surface area (Å²) in [5, 5.41) is 13.7. The molecule has 108 valence electrons. The van der Waals surface area contributed by atoms with E-state index in [-0.39, 0.29) is 17.8 Å². The number of rotatable bonds is 5. The molecule has 0 aliphatic rings. The Kier molecular flexibility index (Phi) is 4.98. The van der Waals surface area contributed by atoms with Crippen LogP contribution >= 0.6 is 22.6 Å². The van der Waals surface area contributed by atoms with Crippen molar-refractivity contribution in [3.05, 3.63) is 27.6 Å². The maximum Gasteiger partial charge on any atom is 0.258 e. The number of aromatic hydroxyl groups is 1. The van der Waals surface area contributed by atoms with E-state index in [4.69, 9.17) is 9.26 Å². The third-order valence-corrected chi connectivity index (χ3v) is 3.75. The lowest BCUT2D eigenvalue weighted by Crippen LogP contribution is -2.12. The second-order valence-electron chi connectivity index (χ2n) is 4.74.